The van der Waals surface area contributed by atoms with Crippen molar-refractivity contribution in [3.63, 3.8) is 0 Å². The summed E-state index contributed by atoms with van der Waals surface area (Å²) in [6.45, 7) is 8.98. The Balaban J connectivity index is 1.54. The standard InChI is InChI=1S/C20H31N5O/c1-15-16(2)21-14-22-19(15)25-11-10-23(3)20(13-25)7-6-18(26)24(9-8-20)12-17-4-5-17/h14,17H,4-13H2,1-3H3. The number of anilines is 1. The van der Waals surface area contributed by atoms with Crippen LogP contribution in [0.2, 0.25) is 0 Å². The molecule has 142 valence electrons. The first-order valence-corrected chi connectivity index (χ1v) is 10.0. The van der Waals surface area contributed by atoms with E-state index in [0.717, 1.165) is 63.0 Å². The lowest BCUT2D eigenvalue weighted by Gasteiger charge is -2.50. The van der Waals surface area contributed by atoms with Crippen molar-refractivity contribution in [2.24, 2.45) is 5.92 Å². The summed E-state index contributed by atoms with van der Waals surface area (Å²) in [6, 6.07) is 0. The van der Waals surface area contributed by atoms with Crippen molar-refractivity contribution in [1.82, 2.24) is 19.8 Å². The number of carbonyl (C=O) groups is 1. The first-order chi connectivity index (χ1) is 12.5. The third kappa shape index (κ3) is 3.31. The van der Waals surface area contributed by atoms with E-state index in [1.165, 1.54) is 18.4 Å². The SMILES string of the molecule is Cc1ncnc(N2CCN(C)C3(CCC(=O)N(CC4CC4)CC3)C2)c1C. The summed E-state index contributed by atoms with van der Waals surface area (Å²) in [7, 11) is 2.23. The molecule has 2 saturated heterocycles. The fourth-order valence-electron chi connectivity index (χ4n) is 4.52. The van der Waals surface area contributed by atoms with Gasteiger partial charge in [-0.2, -0.15) is 0 Å². The maximum atomic E-state index is 12.6. The number of carbonyl (C=O) groups excluding carboxylic acids is 1. The molecule has 1 unspecified atom stereocenters. The van der Waals surface area contributed by atoms with Gasteiger partial charge in [-0.1, -0.05) is 0 Å². The lowest BCUT2D eigenvalue weighted by Crippen LogP contribution is -2.61. The number of piperazine rings is 1. The Hall–Kier alpha value is -1.69. The molecule has 1 amide bonds. The number of hydrogen-bond donors (Lipinski definition) is 0. The highest BCUT2D eigenvalue weighted by atomic mass is 16.2. The van der Waals surface area contributed by atoms with Crippen LogP contribution in [0.25, 0.3) is 0 Å². The fraction of sp³-hybridized carbons (Fsp3) is 0.750. The van der Waals surface area contributed by atoms with Gasteiger partial charge in [-0.15, -0.1) is 0 Å². The van der Waals surface area contributed by atoms with Crippen LogP contribution >= 0.6 is 0 Å². The minimum atomic E-state index is 0.0670. The minimum Gasteiger partial charge on any atom is -0.353 e. The zero-order chi connectivity index (χ0) is 18.3. The molecule has 0 N–H and O–H groups in total. The first-order valence-electron chi connectivity index (χ1n) is 10.0. The normalized spacial score (nSPS) is 27.9. The molecule has 1 aromatic heterocycles. The van der Waals surface area contributed by atoms with E-state index >= 15 is 0 Å². The van der Waals surface area contributed by atoms with Gasteiger partial charge in [0.1, 0.15) is 12.1 Å². The van der Waals surface area contributed by atoms with Crippen molar-refractivity contribution in [1.29, 1.82) is 0 Å². The summed E-state index contributed by atoms with van der Waals surface area (Å²) in [4.78, 5) is 28.6. The molecular weight excluding hydrogens is 326 g/mol. The second-order valence-electron chi connectivity index (χ2n) is 8.51. The summed E-state index contributed by atoms with van der Waals surface area (Å²) in [5, 5.41) is 0. The zero-order valence-corrected chi connectivity index (χ0v) is 16.4. The second-order valence-corrected chi connectivity index (χ2v) is 8.51. The third-order valence-electron chi connectivity index (χ3n) is 6.79. The lowest BCUT2D eigenvalue weighted by molar-refractivity contribution is -0.130. The van der Waals surface area contributed by atoms with Gasteiger partial charge >= 0.3 is 0 Å². The fourth-order valence-corrected chi connectivity index (χ4v) is 4.52. The van der Waals surface area contributed by atoms with Gasteiger partial charge in [0.2, 0.25) is 5.91 Å². The van der Waals surface area contributed by atoms with Crippen LogP contribution in [0.5, 0.6) is 0 Å². The molecule has 3 fully saturated rings. The van der Waals surface area contributed by atoms with E-state index in [9.17, 15) is 4.79 Å². The van der Waals surface area contributed by atoms with Crippen LogP contribution in [0.15, 0.2) is 6.33 Å². The number of aromatic nitrogens is 2. The highest BCUT2D eigenvalue weighted by Crippen LogP contribution is 2.36. The van der Waals surface area contributed by atoms with Crippen LogP contribution in [0, 0.1) is 19.8 Å². The molecule has 26 heavy (non-hydrogen) atoms. The molecule has 1 aromatic rings. The second kappa shape index (κ2) is 6.80. The largest absolute Gasteiger partial charge is 0.353 e. The molecule has 0 aromatic carbocycles. The van der Waals surface area contributed by atoms with Gasteiger partial charge in [0.15, 0.2) is 0 Å². The van der Waals surface area contributed by atoms with Crippen molar-refractivity contribution < 1.29 is 4.79 Å². The Morgan fingerprint density at radius 3 is 2.73 bits per heavy atom. The highest BCUT2D eigenvalue weighted by Gasteiger charge is 2.43. The number of likely N-dealkylation sites (tertiary alicyclic amines) is 1. The smallest absolute Gasteiger partial charge is 0.222 e. The Bertz CT molecular complexity index is 689. The van der Waals surface area contributed by atoms with E-state index in [-0.39, 0.29) is 5.54 Å². The molecule has 2 aliphatic heterocycles. The van der Waals surface area contributed by atoms with Crippen molar-refractivity contribution >= 4 is 11.7 Å². The molecule has 6 heteroatoms. The third-order valence-corrected chi connectivity index (χ3v) is 6.79. The van der Waals surface area contributed by atoms with E-state index in [1.54, 1.807) is 6.33 Å². The topological polar surface area (TPSA) is 52.6 Å². The number of nitrogens with zero attached hydrogens (tertiary/aromatic N) is 5. The summed E-state index contributed by atoms with van der Waals surface area (Å²) in [6.07, 6.45) is 6.96. The van der Waals surface area contributed by atoms with E-state index in [1.807, 2.05) is 6.92 Å². The lowest BCUT2D eigenvalue weighted by atomic mass is 9.86. The molecule has 1 saturated carbocycles. The molecule has 6 nitrogen and oxygen atoms in total. The van der Waals surface area contributed by atoms with E-state index in [2.05, 4.69) is 38.6 Å². The maximum Gasteiger partial charge on any atom is 0.222 e. The first kappa shape index (κ1) is 17.7. The maximum absolute atomic E-state index is 12.6. The molecule has 1 spiro atoms. The van der Waals surface area contributed by atoms with E-state index < -0.39 is 0 Å². The van der Waals surface area contributed by atoms with Crippen LogP contribution in [0.4, 0.5) is 5.82 Å². The van der Waals surface area contributed by atoms with Gasteiger partial charge in [0.25, 0.3) is 0 Å². The molecule has 1 atom stereocenters. The molecule has 1 aliphatic carbocycles. The number of likely N-dealkylation sites (N-methyl/N-ethyl adjacent to an activating group) is 1. The molecule has 0 radical (unpaired) electrons. The Morgan fingerprint density at radius 2 is 1.96 bits per heavy atom. The van der Waals surface area contributed by atoms with Gasteiger partial charge < -0.3 is 9.80 Å². The average molecular weight is 358 g/mol. The van der Waals surface area contributed by atoms with Gasteiger partial charge in [0.05, 0.1) is 0 Å². The molecule has 3 heterocycles. The molecule has 0 bridgehead atoms. The predicted octanol–water partition coefficient (Wildman–Crippen LogP) is 2.01. The number of rotatable bonds is 3. The monoisotopic (exact) mass is 357 g/mol. The predicted molar refractivity (Wildman–Crippen MR) is 102 cm³/mol. The zero-order valence-electron chi connectivity index (χ0n) is 16.4. The molecule has 4 rings (SSSR count). The number of hydrogen-bond acceptors (Lipinski definition) is 5. The summed E-state index contributed by atoms with van der Waals surface area (Å²) in [5.74, 6) is 2.18. The van der Waals surface area contributed by atoms with Gasteiger partial charge in [-0.25, -0.2) is 9.97 Å². The highest BCUT2D eigenvalue weighted by molar-refractivity contribution is 5.76. The Kier molecular flexibility index (Phi) is 4.63. The van der Waals surface area contributed by atoms with Crippen LogP contribution in [0.3, 0.4) is 0 Å². The van der Waals surface area contributed by atoms with E-state index in [4.69, 9.17) is 0 Å². The van der Waals surface area contributed by atoms with Gasteiger partial charge in [-0.05, 0) is 52.5 Å². The summed E-state index contributed by atoms with van der Waals surface area (Å²) >= 11 is 0. The Morgan fingerprint density at radius 1 is 1.15 bits per heavy atom. The minimum absolute atomic E-state index is 0.0670. The summed E-state index contributed by atoms with van der Waals surface area (Å²) in [5.41, 5.74) is 2.29. The summed E-state index contributed by atoms with van der Waals surface area (Å²) < 4.78 is 0. The van der Waals surface area contributed by atoms with Crippen LogP contribution < -0.4 is 4.90 Å². The molecule has 3 aliphatic rings. The Labute approximate surface area is 156 Å². The van der Waals surface area contributed by atoms with Crippen LogP contribution in [0.1, 0.15) is 43.4 Å². The van der Waals surface area contributed by atoms with E-state index in [0.29, 0.717) is 12.3 Å². The van der Waals surface area contributed by atoms with Crippen molar-refractivity contribution in [3.8, 4) is 0 Å². The van der Waals surface area contributed by atoms with Gasteiger partial charge in [0, 0.05) is 55.9 Å². The van der Waals surface area contributed by atoms with Crippen molar-refractivity contribution in [2.45, 2.75) is 51.5 Å². The van der Waals surface area contributed by atoms with Crippen LogP contribution in [-0.2, 0) is 4.79 Å². The number of amides is 1. The quantitative estimate of drug-likeness (QED) is 0.828. The van der Waals surface area contributed by atoms with Crippen LogP contribution in [-0.4, -0.2) is 71.0 Å². The molecular formula is C20H31N5O. The average Bonchev–Trinajstić information content (AvgIpc) is 3.46. The van der Waals surface area contributed by atoms with Crippen molar-refractivity contribution in [3.05, 3.63) is 17.6 Å². The van der Waals surface area contributed by atoms with Gasteiger partial charge in [-0.3, -0.25) is 9.69 Å². The number of aryl methyl sites for hydroxylation is 1. The van der Waals surface area contributed by atoms with Crippen molar-refractivity contribution in [2.75, 3.05) is 44.7 Å².